The van der Waals surface area contributed by atoms with E-state index in [0.29, 0.717) is 0 Å². The van der Waals surface area contributed by atoms with E-state index in [2.05, 4.69) is 41.2 Å². The minimum absolute atomic E-state index is 0.917. The van der Waals surface area contributed by atoms with Crippen molar-refractivity contribution in [2.75, 3.05) is 0 Å². The quantitative estimate of drug-likeness (QED) is 0.412. The predicted molar refractivity (Wildman–Crippen MR) is 26.0 cm³/mol. The third-order valence-electron chi connectivity index (χ3n) is 0. The summed E-state index contributed by atoms with van der Waals surface area (Å²) in [5.74, 6) is 0. The average molecular weight is 197 g/mol. The maximum absolute atomic E-state index is 4.49. The molecule has 0 unspecified atom stereocenters. The first-order valence-electron chi connectivity index (χ1n) is 1.33. The van der Waals surface area contributed by atoms with Gasteiger partial charge in [-0.1, -0.05) is 6.92 Å². The number of hydrogen-bond acceptors (Lipinski definition) is 0. The standard InChI is InChI=1S/C4H7.ClH.Pd/c1-4(2)3;;/h1-2H2,3H3;1H;/q-1;;+2/p-1. The summed E-state index contributed by atoms with van der Waals surface area (Å²) in [5, 5.41) is 0. The van der Waals surface area contributed by atoms with E-state index in [0.717, 1.165) is 5.57 Å². The molecule has 0 N–H and O–H groups in total. The Balaban J connectivity index is 0. The molecular weight excluding hydrogens is 190 g/mol. The normalized spacial score (nSPS) is 5.33. The van der Waals surface area contributed by atoms with Crippen molar-refractivity contribution in [2.24, 2.45) is 0 Å². The average Bonchev–Trinajstić information content (AvgIpc) is 1.41. The number of hydrogen-bond donors (Lipinski definition) is 0. The minimum atomic E-state index is 0.917. The van der Waals surface area contributed by atoms with Crippen molar-refractivity contribution in [3.8, 4) is 0 Å². The second-order valence-corrected chi connectivity index (χ2v) is 0.957. The molecule has 0 aliphatic carbocycles. The van der Waals surface area contributed by atoms with Gasteiger partial charge in [0, 0.05) is 0 Å². The third-order valence-corrected chi connectivity index (χ3v) is 0. The summed E-state index contributed by atoms with van der Waals surface area (Å²) in [6.07, 6.45) is 0. The van der Waals surface area contributed by atoms with Crippen LogP contribution in [0.3, 0.4) is 0 Å². The fourth-order valence-electron chi connectivity index (χ4n) is 0. The van der Waals surface area contributed by atoms with E-state index in [9.17, 15) is 0 Å². The molecule has 0 amide bonds. The molecule has 6 heavy (non-hydrogen) atoms. The van der Waals surface area contributed by atoms with Crippen molar-refractivity contribution >= 4 is 9.53 Å². The Morgan fingerprint density at radius 3 is 1.83 bits per heavy atom. The molecule has 0 rings (SSSR count). The molecule has 2 heteroatoms. The van der Waals surface area contributed by atoms with Crippen molar-refractivity contribution in [3.63, 3.8) is 0 Å². The van der Waals surface area contributed by atoms with Crippen LogP contribution in [0.25, 0.3) is 0 Å². The molecule has 0 bridgehead atoms. The van der Waals surface area contributed by atoms with Crippen molar-refractivity contribution < 1.29 is 18.2 Å². The molecule has 0 spiro atoms. The molecular formula is C4H7ClPd. The first-order valence-corrected chi connectivity index (χ1v) is 3.33. The molecule has 0 radical (unpaired) electrons. The van der Waals surface area contributed by atoms with E-state index in [4.69, 9.17) is 0 Å². The molecule has 0 saturated carbocycles. The van der Waals surface area contributed by atoms with Crippen LogP contribution >= 0.6 is 9.53 Å². The van der Waals surface area contributed by atoms with Crippen LogP contribution in [-0.2, 0) is 18.2 Å². The Labute approximate surface area is 54.0 Å². The monoisotopic (exact) mass is 196 g/mol. The summed E-state index contributed by atoms with van der Waals surface area (Å²) in [4.78, 5) is 0. The van der Waals surface area contributed by atoms with Gasteiger partial charge in [0.1, 0.15) is 0 Å². The zero-order chi connectivity index (χ0) is 5.58. The van der Waals surface area contributed by atoms with Crippen LogP contribution in [0.2, 0.25) is 0 Å². The first kappa shape index (κ1) is 9.75. The van der Waals surface area contributed by atoms with E-state index in [1.165, 1.54) is 0 Å². The van der Waals surface area contributed by atoms with E-state index in [1.54, 1.807) is 0 Å². The molecule has 0 nitrogen and oxygen atoms in total. The number of rotatable bonds is 0. The third kappa shape index (κ3) is 183. The molecule has 0 saturated heterocycles. The van der Waals surface area contributed by atoms with Gasteiger partial charge in [0.2, 0.25) is 0 Å². The molecule has 0 aromatic rings. The fourth-order valence-corrected chi connectivity index (χ4v) is 0. The van der Waals surface area contributed by atoms with Gasteiger partial charge < -0.3 is 0 Å². The molecule has 0 aromatic heterocycles. The topological polar surface area (TPSA) is 0 Å². The van der Waals surface area contributed by atoms with E-state index >= 15 is 0 Å². The molecule has 0 fully saturated rings. The summed E-state index contributed by atoms with van der Waals surface area (Å²) in [6, 6.07) is 0. The van der Waals surface area contributed by atoms with Crippen LogP contribution in [0.5, 0.6) is 0 Å². The zero-order valence-electron chi connectivity index (χ0n) is 3.61. The van der Waals surface area contributed by atoms with Gasteiger partial charge in [-0.05, 0) is 0 Å². The van der Waals surface area contributed by atoms with Crippen LogP contribution in [0, 0.1) is 6.92 Å². The van der Waals surface area contributed by atoms with E-state index in [1.807, 2.05) is 6.92 Å². The summed E-state index contributed by atoms with van der Waals surface area (Å²) in [5.41, 5.74) is 0.917. The van der Waals surface area contributed by atoms with Crippen LogP contribution in [-0.4, -0.2) is 0 Å². The van der Waals surface area contributed by atoms with Crippen LogP contribution in [0.1, 0.15) is 6.92 Å². The fraction of sp³-hybridized carbons (Fsp3) is 0.250. The predicted octanol–water partition coefficient (Wildman–Crippen LogP) is 2.08. The Hall–Kier alpha value is 0.562. The van der Waals surface area contributed by atoms with Crippen molar-refractivity contribution in [1.82, 2.24) is 0 Å². The molecule has 0 aliphatic heterocycles. The zero-order valence-corrected chi connectivity index (χ0v) is 5.92. The van der Waals surface area contributed by atoms with Gasteiger partial charge in [-0.3, -0.25) is 0 Å². The van der Waals surface area contributed by atoms with Crippen molar-refractivity contribution in [3.05, 3.63) is 19.1 Å². The molecule has 0 atom stereocenters. The second-order valence-electron chi connectivity index (χ2n) is 0.957. The maximum atomic E-state index is 4.49. The van der Waals surface area contributed by atoms with Crippen LogP contribution in [0.4, 0.5) is 0 Å². The number of halogens is 1. The molecule has 40 valence electrons. The van der Waals surface area contributed by atoms with Gasteiger partial charge in [0.05, 0.1) is 0 Å². The van der Waals surface area contributed by atoms with Gasteiger partial charge in [-0.15, -0.1) is 0 Å². The van der Waals surface area contributed by atoms with Crippen molar-refractivity contribution in [1.29, 1.82) is 0 Å². The first-order chi connectivity index (χ1) is 2.73. The number of allylic oxidation sites excluding steroid dienone is 1. The summed E-state index contributed by atoms with van der Waals surface area (Å²) in [7, 11) is 4.49. The molecule has 0 aromatic carbocycles. The van der Waals surface area contributed by atoms with Gasteiger partial charge in [0.15, 0.2) is 0 Å². The molecule has 0 heterocycles. The van der Waals surface area contributed by atoms with Gasteiger partial charge in [-0.25, -0.2) is 19.1 Å². The van der Waals surface area contributed by atoms with Crippen molar-refractivity contribution in [2.45, 2.75) is 6.92 Å². The molecule has 0 aliphatic rings. The summed E-state index contributed by atoms with van der Waals surface area (Å²) in [6.45, 7) is 8.75. The summed E-state index contributed by atoms with van der Waals surface area (Å²) < 4.78 is 0. The Bertz CT molecular complexity index is 30.5. The van der Waals surface area contributed by atoms with Gasteiger partial charge >= 0.3 is 27.7 Å². The van der Waals surface area contributed by atoms with Gasteiger partial charge in [0.25, 0.3) is 0 Å². The van der Waals surface area contributed by atoms with Gasteiger partial charge in [-0.2, -0.15) is 0 Å². The van der Waals surface area contributed by atoms with E-state index in [-0.39, 0.29) is 0 Å². The Morgan fingerprint density at radius 2 is 1.83 bits per heavy atom. The Morgan fingerprint density at radius 1 is 1.83 bits per heavy atom. The van der Waals surface area contributed by atoms with Crippen LogP contribution in [0.15, 0.2) is 12.2 Å². The Kier molecular flexibility index (Phi) is 14.8. The summed E-state index contributed by atoms with van der Waals surface area (Å²) >= 11 is 2.22. The van der Waals surface area contributed by atoms with E-state index < -0.39 is 0 Å². The second kappa shape index (κ2) is 9.12. The SMILES string of the molecule is C=C([CH2-])C.[Cl][Pd+]. The van der Waals surface area contributed by atoms with Crippen LogP contribution < -0.4 is 0 Å².